The van der Waals surface area contributed by atoms with Crippen LogP contribution in [0, 0.1) is 0 Å². The molecule has 0 amide bonds. The Morgan fingerprint density at radius 2 is 1.44 bits per heavy atom. The van der Waals surface area contributed by atoms with Gasteiger partial charge in [0.15, 0.2) is 0 Å². The molecule has 2 aromatic carbocycles. The van der Waals surface area contributed by atoms with Gasteiger partial charge in [-0.15, -0.1) is 25.6 Å². The summed E-state index contributed by atoms with van der Waals surface area (Å²) >= 11 is 3.36. The SMILES string of the molecule is COc1cc([C@H](N)c2ccc(OC(F)(F)F)cc2)cc(OC)c1Br.Cl. The average Bonchev–Trinajstić information content (AvgIpc) is 2.53. The molecule has 0 unspecified atom stereocenters. The minimum Gasteiger partial charge on any atom is -0.495 e. The van der Waals surface area contributed by atoms with E-state index in [1.54, 1.807) is 12.1 Å². The van der Waals surface area contributed by atoms with E-state index in [0.717, 1.165) is 0 Å². The molecular formula is C16H16BrClF3NO3. The van der Waals surface area contributed by atoms with Crippen molar-refractivity contribution in [2.45, 2.75) is 12.4 Å². The van der Waals surface area contributed by atoms with Crippen molar-refractivity contribution in [1.82, 2.24) is 0 Å². The molecule has 4 nitrogen and oxygen atoms in total. The van der Waals surface area contributed by atoms with Gasteiger partial charge in [0, 0.05) is 0 Å². The molecule has 0 aliphatic rings. The van der Waals surface area contributed by atoms with Gasteiger partial charge in [0.1, 0.15) is 21.7 Å². The van der Waals surface area contributed by atoms with E-state index in [0.29, 0.717) is 27.1 Å². The molecule has 0 aliphatic heterocycles. The molecule has 0 aromatic heterocycles. The zero-order valence-electron chi connectivity index (χ0n) is 13.3. The molecule has 0 bridgehead atoms. The predicted octanol–water partition coefficient (Wildman–Crippen LogP) is 4.83. The molecule has 2 N–H and O–H groups in total. The highest BCUT2D eigenvalue weighted by atomic mass is 79.9. The first-order chi connectivity index (χ1) is 11.2. The first kappa shape index (κ1) is 21.4. The summed E-state index contributed by atoms with van der Waals surface area (Å²) in [5, 5.41) is 0. The minimum atomic E-state index is -4.73. The van der Waals surface area contributed by atoms with Crippen LogP contribution in [0.4, 0.5) is 13.2 Å². The third-order valence-electron chi connectivity index (χ3n) is 3.30. The van der Waals surface area contributed by atoms with Gasteiger partial charge in [-0.1, -0.05) is 12.1 Å². The number of benzene rings is 2. The predicted molar refractivity (Wildman–Crippen MR) is 93.6 cm³/mol. The van der Waals surface area contributed by atoms with Crippen molar-refractivity contribution in [1.29, 1.82) is 0 Å². The topological polar surface area (TPSA) is 53.7 Å². The summed E-state index contributed by atoms with van der Waals surface area (Å²) in [4.78, 5) is 0. The highest BCUT2D eigenvalue weighted by Crippen LogP contribution is 2.38. The number of methoxy groups -OCH3 is 2. The molecular weight excluding hydrogens is 427 g/mol. The first-order valence-corrected chi connectivity index (χ1v) is 7.57. The van der Waals surface area contributed by atoms with Crippen LogP contribution in [-0.2, 0) is 0 Å². The Labute approximate surface area is 157 Å². The molecule has 1 atom stereocenters. The standard InChI is InChI=1S/C16H15BrF3NO3.ClH/c1-22-12-7-10(8-13(23-2)14(12)17)15(21)9-3-5-11(6-4-9)24-16(18,19)20;/h3-8,15H,21H2,1-2H3;1H/t15-;/m1./s1. The van der Waals surface area contributed by atoms with E-state index in [-0.39, 0.29) is 18.2 Å². The van der Waals surface area contributed by atoms with Gasteiger partial charge in [0.2, 0.25) is 0 Å². The highest BCUT2D eigenvalue weighted by molar-refractivity contribution is 9.10. The Morgan fingerprint density at radius 1 is 0.960 bits per heavy atom. The van der Waals surface area contributed by atoms with Crippen LogP contribution in [0.1, 0.15) is 17.2 Å². The lowest BCUT2D eigenvalue weighted by molar-refractivity contribution is -0.274. The summed E-state index contributed by atoms with van der Waals surface area (Å²) in [6.45, 7) is 0. The van der Waals surface area contributed by atoms with E-state index in [1.165, 1.54) is 38.5 Å². The zero-order valence-corrected chi connectivity index (χ0v) is 15.7. The van der Waals surface area contributed by atoms with Crippen molar-refractivity contribution in [2.24, 2.45) is 5.73 Å². The average molecular weight is 443 g/mol. The van der Waals surface area contributed by atoms with E-state index in [9.17, 15) is 13.2 Å². The molecule has 0 aliphatic carbocycles. The van der Waals surface area contributed by atoms with E-state index < -0.39 is 12.4 Å². The lowest BCUT2D eigenvalue weighted by atomic mass is 9.99. The van der Waals surface area contributed by atoms with Crippen LogP contribution in [0.25, 0.3) is 0 Å². The highest BCUT2D eigenvalue weighted by Gasteiger charge is 2.31. The van der Waals surface area contributed by atoms with E-state index in [1.807, 2.05) is 0 Å². The quantitative estimate of drug-likeness (QED) is 0.720. The Bertz CT molecular complexity index is 686. The second-order valence-electron chi connectivity index (χ2n) is 4.83. The molecule has 0 fully saturated rings. The molecule has 25 heavy (non-hydrogen) atoms. The van der Waals surface area contributed by atoms with Gasteiger partial charge in [-0.25, -0.2) is 0 Å². The van der Waals surface area contributed by atoms with Gasteiger partial charge in [0.25, 0.3) is 0 Å². The molecule has 0 radical (unpaired) electrons. The molecule has 0 spiro atoms. The van der Waals surface area contributed by atoms with Gasteiger partial charge in [-0.2, -0.15) is 0 Å². The Balaban J connectivity index is 0.00000312. The molecule has 2 aromatic rings. The third kappa shape index (κ3) is 5.42. The fraction of sp³-hybridized carbons (Fsp3) is 0.250. The smallest absolute Gasteiger partial charge is 0.495 e. The Kier molecular flexibility index (Phi) is 7.40. The number of alkyl halides is 3. The second-order valence-corrected chi connectivity index (χ2v) is 5.63. The van der Waals surface area contributed by atoms with E-state index >= 15 is 0 Å². The fourth-order valence-electron chi connectivity index (χ4n) is 2.14. The van der Waals surface area contributed by atoms with Crippen LogP contribution in [0.15, 0.2) is 40.9 Å². The maximum atomic E-state index is 12.2. The summed E-state index contributed by atoms with van der Waals surface area (Å²) in [5.74, 6) is 0.776. The number of hydrogen-bond acceptors (Lipinski definition) is 4. The number of hydrogen-bond donors (Lipinski definition) is 1. The Hall–Kier alpha value is -1.64. The molecule has 138 valence electrons. The zero-order chi connectivity index (χ0) is 17.9. The van der Waals surface area contributed by atoms with Crippen LogP contribution in [0.3, 0.4) is 0 Å². The number of halogens is 5. The first-order valence-electron chi connectivity index (χ1n) is 6.78. The van der Waals surface area contributed by atoms with Crippen molar-refractivity contribution in [3.63, 3.8) is 0 Å². The van der Waals surface area contributed by atoms with Gasteiger partial charge in [-0.05, 0) is 51.3 Å². The third-order valence-corrected chi connectivity index (χ3v) is 4.08. The van der Waals surface area contributed by atoms with Crippen LogP contribution >= 0.6 is 28.3 Å². The van der Waals surface area contributed by atoms with E-state index in [2.05, 4.69) is 20.7 Å². The maximum Gasteiger partial charge on any atom is 0.573 e. The van der Waals surface area contributed by atoms with Crippen LogP contribution in [-0.4, -0.2) is 20.6 Å². The molecule has 9 heteroatoms. The van der Waals surface area contributed by atoms with Crippen LogP contribution in [0.5, 0.6) is 17.2 Å². The lowest BCUT2D eigenvalue weighted by Crippen LogP contribution is -2.17. The molecule has 0 saturated carbocycles. The number of nitrogens with two attached hydrogens (primary N) is 1. The molecule has 0 heterocycles. The summed E-state index contributed by atoms with van der Waals surface area (Å²) in [6, 6.07) is 8.29. The van der Waals surface area contributed by atoms with Crippen molar-refractivity contribution >= 4 is 28.3 Å². The van der Waals surface area contributed by atoms with Crippen LogP contribution < -0.4 is 19.9 Å². The van der Waals surface area contributed by atoms with Gasteiger partial charge >= 0.3 is 6.36 Å². The van der Waals surface area contributed by atoms with Crippen molar-refractivity contribution in [3.05, 3.63) is 52.0 Å². The minimum absolute atomic E-state index is 0. The maximum absolute atomic E-state index is 12.2. The van der Waals surface area contributed by atoms with Gasteiger partial charge in [-0.3, -0.25) is 0 Å². The molecule has 2 rings (SSSR count). The second kappa shape index (κ2) is 8.64. The van der Waals surface area contributed by atoms with Crippen LogP contribution in [0.2, 0.25) is 0 Å². The summed E-state index contributed by atoms with van der Waals surface area (Å²) in [7, 11) is 3.02. The largest absolute Gasteiger partial charge is 0.573 e. The number of ether oxygens (including phenoxy) is 3. The number of rotatable bonds is 5. The Morgan fingerprint density at radius 3 is 1.84 bits per heavy atom. The van der Waals surface area contributed by atoms with Gasteiger partial charge in [0.05, 0.1) is 20.3 Å². The van der Waals surface area contributed by atoms with Gasteiger partial charge < -0.3 is 19.9 Å². The fourth-order valence-corrected chi connectivity index (χ4v) is 2.69. The summed E-state index contributed by atoms with van der Waals surface area (Å²) in [5.41, 5.74) is 7.51. The lowest BCUT2D eigenvalue weighted by Gasteiger charge is -2.17. The van der Waals surface area contributed by atoms with Crippen molar-refractivity contribution in [2.75, 3.05) is 14.2 Å². The van der Waals surface area contributed by atoms with E-state index in [4.69, 9.17) is 15.2 Å². The van der Waals surface area contributed by atoms with Crippen molar-refractivity contribution in [3.8, 4) is 17.2 Å². The normalized spacial score (nSPS) is 12.1. The monoisotopic (exact) mass is 441 g/mol. The summed E-state index contributed by atoms with van der Waals surface area (Å²) < 4.78 is 51.6. The summed E-state index contributed by atoms with van der Waals surface area (Å²) in [6.07, 6.45) is -4.73. The van der Waals surface area contributed by atoms with Crippen molar-refractivity contribution < 1.29 is 27.4 Å². The molecule has 0 saturated heterocycles.